The van der Waals surface area contributed by atoms with E-state index in [2.05, 4.69) is 4.98 Å². The number of nitrogens with one attached hydrogen (secondary N) is 1. The maximum Gasteiger partial charge on any atom is 0.139 e. The molecule has 3 rings (SSSR count). The van der Waals surface area contributed by atoms with Gasteiger partial charge in [0.25, 0.3) is 0 Å². The van der Waals surface area contributed by atoms with Crippen LogP contribution in [0.5, 0.6) is 5.75 Å². The highest BCUT2D eigenvalue weighted by atomic mass is 35.5. The smallest absolute Gasteiger partial charge is 0.139 e. The fourth-order valence-electron chi connectivity index (χ4n) is 1.90. The van der Waals surface area contributed by atoms with Gasteiger partial charge in [-0.25, -0.2) is 0 Å². The number of benzene rings is 2. The zero-order valence-corrected chi connectivity index (χ0v) is 10.4. The van der Waals surface area contributed by atoms with E-state index in [9.17, 15) is 0 Å². The molecule has 1 N–H and O–H groups in total. The first-order chi connectivity index (χ1) is 8.83. The third kappa shape index (κ3) is 2.20. The lowest BCUT2D eigenvalue weighted by Gasteiger charge is -2.08. The van der Waals surface area contributed by atoms with Crippen molar-refractivity contribution < 1.29 is 4.74 Å². The van der Waals surface area contributed by atoms with E-state index < -0.39 is 0 Å². The van der Waals surface area contributed by atoms with E-state index in [0.29, 0.717) is 17.4 Å². The minimum atomic E-state index is 0.524. The van der Waals surface area contributed by atoms with Crippen molar-refractivity contribution in [3.8, 4) is 5.75 Å². The second kappa shape index (κ2) is 4.75. The molecule has 0 unspecified atom stereocenters. The van der Waals surface area contributed by atoms with Gasteiger partial charge in [0, 0.05) is 17.1 Å². The van der Waals surface area contributed by atoms with Crippen LogP contribution >= 0.6 is 11.6 Å². The minimum Gasteiger partial charge on any atom is -0.487 e. The Balaban J connectivity index is 1.84. The summed E-state index contributed by atoms with van der Waals surface area (Å²) in [6, 6.07) is 15.9. The molecule has 0 saturated heterocycles. The molecule has 0 saturated carbocycles. The molecule has 0 bridgehead atoms. The summed E-state index contributed by atoms with van der Waals surface area (Å²) >= 11 is 6.18. The van der Waals surface area contributed by atoms with Crippen LogP contribution in [0.15, 0.2) is 54.7 Å². The van der Waals surface area contributed by atoms with Crippen LogP contribution in [0, 0.1) is 0 Å². The second-order valence-corrected chi connectivity index (χ2v) is 4.53. The Morgan fingerprint density at radius 3 is 2.72 bits per heavy atom. The molecule has 0 amide bonds. The van der Waals surface area contributed by atoms with Crippen LogP contribution in [-0.4, -0.2) is 4.98 Å². The molecule has 0 fully saturated rings. The summed E-state index contributed by atoms with van der Waals surface area (Å²) in [4.78, 5) is 3.12. The molecule has 2 aromatic carbocycles. The van der Waals surface area contributed by atoms with Crippen molar-refractivity contribution in [2.24, 2.45) is 0 Å². The topological polar surface area (TPSA) is 25.0 Å². The SMILES string of the molecule is Clc1cc2[nH]ccc2cc1OCc1ccccc1. The van der Waals surface area contributed by atoms with Gasteiger partial charge in [0.05, 0.1) is 5.02 Å². The molecule has 2 nitrogen and oxygen atoms in total. The minimum absolute atomic E-state index is 0.524. The van der Waals surface area contributed by atoms with E-state index in [1.54, 1.807) is 0 Å². The Labute approximate surface area is 110 Å². The molecule has 0 aliphatic rings. The first-order valence-electron chi connectivity index (χ1n) is 5.76. The number of halogens is 1. The molecule has 0 aliphatic carbocycles. The lowest BCUT2D eigenvalue weighted by Crippen LogP contribution is -1.95. The van der Waals surface area contributed by atoms with Gasteiger partial charge in [-0.1, -0.05) is 41.9 Å². The highest BCUT2D eigenvalue weighted by Gasteiger charge is 2.05. The number of aromatic amines is 1. The predicted octanol–water partition coefficient (Wildman–Crippen LogP) is 4.40. The van der Waals surface area contributed by atoms with E-state index in [1.807, 2.05) is 54.7 Å². The quantitative estimate of drug-likeness (QED) is 0.739. The number of fused-ring (bicyclic) bond motifs is 1. The largest absolute Gasteiger partial charge is 0.487 e. The van der Waals surface area contributed by atoms with Crippen molar-refractivity contribution in [1.29, 1.82) is 0 Å². The summed E-state index contributed by atoms with van der Waals surface area (Å²) in [5.74, 6) is 0.715. The van der Waals surface area contributed by atoms with Crippen molar-refractivity contribution in [1.82, 2.24) is 4.98 Å². The molecule has 1 heterocycles. The number of hydrogen-bond acceptors (Lipinski definition) is 1. The zero-order valence-electron chi connectivity index (χ0n) is 9.69. The Kier molecular flexibility index (Phi) is 2.95. The third-order valence-corrected chi connectivity index (χ3v) is 3.14. The van der Waals surface area contributed by atoms with Crippen LogP contribution in [0.4, 0.5) is 0 Å². The fourth-order valence-corrected chi connectivity index (χ4v) is 2.12. The van der Waals surface area contributed by atoms with E-state index in [-0.39, 0.29) is 0 Å². The maximum atomic E-state index is 6.18. The predicted molar refractivity (Wildman–Crippen MR) is 74.1 cm³/mol. The molecule has 3 aromatic rings. The second-order valence-electron chi connectivity index (χ2n) is 4.12. The van der Waals surface area contributed by atoms with Crippen LogP contribution in [0.25, 0.3) is 10.9 Å². The van der Waals surface area contributed by atoms with Crippen LogP contribution in [0.1, 0.15) is 5.56 Å². The van der Waals surface area contributed by atoms with Gasteiger partial charge in [-0.2, -0.15) is 0 Å². The van der Waals surface area contributed by atoms with Gasteiger partial charge >= 0.3 is 0 Å². The average Bonchev–Trinajstić information content (AvgIpc) is 2.84. The Hall–Kier alpha value is -1.93. The number of rotatable bonds is 3. The number of H-pyrrole nitrogens is 1. The lowest BCUT2D eigenvalue weighted by molar-refractivity contribution is 0.307. The maximum absolute atomic E-state index is 6.18. The van der Waals surface area contributed by atoms with Gasteiger partial charge in [-0.15, -0.1) is 0 Å². The standard InChI is InChI=1S/C15H12ClNO/c16-13-9-14-12(6-7-17-14)8-15(13)18-10-11-4-2-1-3-5-11/h1-9,17H,10H2. The average molecular weight is 258 g/mol. The summed E-state index contributed by atoms with van der Waals surface area (Å²) in [5.41, 5.74) is 2.15. The number of hydrogen-bond donors (Lipinski definition) is 1. The Morgan fingerprint density at radius 1 is 1.06 bits per heavy atom. The molecular weight excluding hydrogens is 246 g/mol. The molecule has 18 heavy (non-hydrogen) atoms. The molecule has 0 radical (unpaired) electrons. The normalized spacial score (nSPS) is 10.7. The van der Waals surface area contributed by atoms with Crippen molar-refractivity contribution in [2.75, 3.05) is 0 Å². The zero-order chi connectivity index (χ0) is 12.4. The van der Waals surface area contributed by atoms with Crippen molar-refractivity contribution in [3.63, 3.8) is 0 Å². The summed E-state index contributed by atoms with van der Waals surface area (Å²) < 4.78 is 5.75. The summed E-state index contributed by atoms with van der Waals surface area (Å²) in [5, 5.41) is 1.73. The van der Waals surface area contributed by atoms with Gasteiger partial charge < -0.3 is 9.72 Å². The monoisotopic (exact) mass is 257 g/mol. The molecule has 0 atom stereocenters. The third-order valence-electron chi connectivity index (χ3n) is 2.84. The van der Waals surface area contributed by atoms with Crippen molar-refractivity contribution in [3.05, 3.63) is 65.3 Å². The Bertz CT molecular complexity index is 661. The highest BCUT2D eigenvalue weighted by molar-refractivity contribution is 6.32. The van der Waals surface area contributed by atoms with Gasteiger partial charge in [0.2, 0.25) is 0 Å². The molecule has 0 spiro atoms. The van der Waals surface area contributed by atoms with Crippen LogP contribution in [0.2, 0.25) is 5.02 Å². The fraction of sp³-hybridized carbons (Fsp3) is 0.0667. The first kappa shape index (κ1) is 11.2. The Morgan fingerprint density at radius 2 is 1.89 bits per heavy atom. The lowest BCUT2D eigenvalue weighted by atomic mass is 10.2. The number of ether oxygens (including phenoxy) is 1. The van der Waals surface area contributed by atoms with Crippen LogP contribution in [0.3, 0.4) is 0 Å². The molecule has 3 heteroatoms. The highest BCUT2D eigenvalue weighted by Crippen LogP contribution is 2.30. The molecule has 90 valence electrons. The van der Waals surface area contributed by atoms with Crippen molar-refractivity contribution >= 4 is 22.5 Å². The van der Waals surface area contributed by atoms with Gasteiger partial charge in [-0.3, -0.25) is 0 Å². The molecule has 1 aromatic heterocycles. The number of aromatic nitrogens is 1. The van der Waals surface area contributed by atoms with Crippen molar-refractivity contribution in [2.45, 2.75) is 6.61 Å². The van der Waals surface area contributed by atoms with E-state index in [0.717, 1.165) is 16.5 Å². The summed E-state index contributed by atoms with van der Waals surface area (Å²) in [6.07, 6.45) is 1.89. The van der Waals surface area contributed by atoms with Gasteiger partial charge in [0.1, 0.15) is 12.4 Å². The van der Waals surface area contributed by atoms with Crippen LogP contribution in [-0.2, 0) is 6.61 Å². The summed E-state index contributed by atoms with van der Waals surface area (Å²) in [7, 11) is 0. The van der Waals surface area contributed by atoms with Crippen LogP contribution < -0.4 is 4.74 Å². The van der Waals surface area contributed by atoms with Gasteiger partial charge in [-0.05, 0) is 23.8 Å². The summed E-state index contributed by atoms with van der Waals surface area (Å²) in [6.45, 7) is 0.524. The van der Waals surface area contributed by atoms with E-state index in [1.165, 1.54) is 0 Å². The van der Waals surface area contributed by atoms with E-state index >= 15 is 0 Å². The molecule has 0 aliphatic heterocycles. The van der Waals surface area contributed by atoms with Gasteiger partial charge in [0.15, 0.2) is 0 Å². The first-order valence-corrected chi connectivity index (χ1v) is 6.14. The van der Waals surface area contributed by atoms with E-state index in [4.69, 9.17) is 16.3 Å². The molecular formula is C15H12ClNO.